The van der Waals surface area contributed by atoms with E-state index >= 15 is 0 Å². The Hall–Kier alpha value is -3.13. The van der Waals surface area contributed by atoms with Crippen LogP contribution in [0.1, 0.15) is 23.2 Å². The zero-order valence-corrected chi connectivity index (χ0v) is 15.4. The second-order valence-corrected chi connectivity index (χ2v) is 5.89. The summed E-state index contributed by atoms with van der Waals surface area (Å²) < 4.78 is 10.1. The van der Waals surface area contributed by atoms with Crippen LogP contribution in [-0.2, 0) is 4.79 Å². The Labute approximate surface area is 160 Å². The number of benzene rings is 2. The Morgan fingerprint density at radius 3 is 2.48 bits per heavy atom. The molecular weight excluding hydrogens is 376 g/mol. The molecule has 0 heterocycles. The van der Waals surface area contributed by atoms with E-state index in [9.17, 15) is 19.7 Å². The first-order valence-corrected chi connectivity index (χ1v) is 8.22. The first-order valence-electron chi connectivity index (χ1n) is 7.84. The van der Waals surface area contributed by atoms with Gasteiger partial charge in [-0.1, -0.05) is 11.6 Å². The predicted octanol–water partition coefficient (Wildman–Crippen LogP) is 3.87. The lowest BCUT2D eigenvalue weighted by molar-refractivity contribution is -0.384. The third-order valence-electron chi connectivity index (χ3n) is 3.72. The number of nitrogens with zero attached hydrogens (tertiary/aromatic N) is 1. The van der Waals surface area contributed by atoms with Gasteiger partial charge >= 0.3 is 0 Å². The lowest BCUT2D eigenvalue weighted by Crippen LogP contribution is -2.15. The maximum atomic E-state index is 12.3. The number of halogens is 1. The molecule has 1 amide bonds. The highest BCUT2D eigenvalue weighted by molar-refractivity contribution is 6.31. The molecule has 0 radical (unpaired) electrons. The Bertz CT molecular complexity index is 884. The molecule has 0 saturated heterocycles. The maximum Gasteiger partial charge on any atom is 0.296 e. The highest BCUT2D eigenvalue weighted by Gasteiger charge is 2.19. The number of carbonyl (C=O) groups excluding carboxylic acids is 2. The molecule has 2 aromatic carbocycles. The van der Waals surface area contributed by atoms with Gasteiger partial charge in [0.15, 0.2) is 5.78 Å². The maximum absolute atomic E-state index is 12.3. The molecule has 1 N–H and O–H groups in total. The quantitative estimate of drug-likeness (QED) is 0.415. The second kappa shape index (κ2) is 9.00. The van der Waals surface area contributed by atoms with Gasteiger partial charge in [0.05, 0.1) is 30.8 Å². The van der Waals surface area contributed by atoms with E-state index in [1.54, 1.807) is 12.1 Å². The van der Waals surface area contributed by atoms with Gasteiger partial charge in [-0.25, -0.2) is 0 Å². The molecule has 8 nitrogen and oxygen atoms in total. The first-order chi connectivity index (χ1) is 12.8. The number of ether oxygens (including phenoxy) is 2. The standard InChI is InChI=1S/C18H17ClN2O6/c1-26-12-4-5-14(15(10-12)21(24)25)20-18(23)8-6-16(22)13-9-11(19)3-7-17(13)27-2/h3-5,7,9-10H,6,8H2,1-2H3,(H,20,23). The molecule has 2 rings (SSSR count). The highest BCUT2D eigenvalue weighted by Crippen LogP contribution is 2.29. The van der Waals surface area contributed by atoms with E-state index in [1.807, 2.05) is 0 Å². The SMILES string of the molecule is COc1ccc(NC(=O)CCC(=O)c2cc(Cl)ccc2OC)c([N+](=O)[O-])c1. The topological polar surface area (TPSA) is 108 Å². The Balaban J connectivity index is 2.06. The third kappa shape index (κ3) is 5.18. The normalized spacial score (nSPS) is 10.2. The van der Waals surface area contributed by atoms with E-state index in [2.05, 4.69) is 5.32 Å². The highest BCUT2D eigenvalue weighted by atomic mass is 35.5. The molecule has 0 aliphatic carbocycles. The van der Waals surface area contributed by atoms with Gasteiger partial charge < -0.3 is 14.8 Å². The fourth-order valence-corrected chi connectivity index (χ4v) is 2.54. The van der Waals surface area contributed by atoms with Crippen molar-refractivity contribution in [2.45, 2.75) is 12.8 Å². The largest absolute Gasteiger partial charge is 0.496 e. The summed E-state index contributed by atoms with van der Waals surface area (Å²) in [5, 5.41) is 14.0. The molecule has 0 aliphatic rings. The monoisotopic (exact) mass is 392 g/mol. The van der Waals surface area contributed by atoms with Crippen molar-refractivity contribution in [1.29, 1.82) is 0 Å². The van der Waals surface area contributed by atoms with Crippen LogP contribution in [-0.4, -0.2) is 30.8 Å². The second-order valence-electron chi connectivity index (χ2n) is 5.46. The van der Waals surface area contributed by atoms with Crippen LogP contribution in [0, 0.1) is 10.1 Å². The molecule has 0 atom stereocenters. The lowest BCUT2D eigenvalue weighted by atomic mass is 10.1. The fourth-order valence-electron chi connectivity index (χ4n) is 2.37. The number of nitro groups is 1. The molecule has 0 saturated carbocycles. The summed E-state index contributed by atoms with van der Waals surface area (Å²) in [5.74, 6) is -0.204. The molecule has 0 fully saturated rings. The van der Waals surface area contributed by atoms with Gasteiger partial charge in [-0.05, 0) is 30.3 Å². The smallest absolute Gasteiger partial charge is 0.296 e. The van der Waals surface area contributed by atoms with Gasteiger partial charge in [0.25, 0.3) is 5.69 Å². The summed E-state index contributed by atoms with van der Waals surface area (Å²) in [7, 11) is 2.81. The van der Waals surface area contributed by atoms with E-state index in [-0.39, 0.29) is 35.6 Å². The molecule has 9 heteroatoms. The minimum Gasteiger partial charge on any atom is -0.496 e. The van der Waals surface area contributed by atoms with E-state index in [0.29, 0.717) is 16.5 Å². The molecule has 0 bridgehead atoms. The molecule has 0 aliphatic heterocycles. The number of nitrogens with one attached hydrogen (secondary N) is 1. The minimum atomic E-state index is -0.625. The van der Waals surface area contributed by atoms with Gasteiger partial charge in [-0.15, -0.1) is 0 Å². The summed E-state index contributed by atoms with van der Waals surface area (Å²) in [6.07, 6.45) is -0.260. The van der Waals surface area contributed by atoms with Crippen molar-refractivity contribution in [2.24, 2.45) is 0 Å². The van der Waals surface area contributed by atoms with Crippen LogP contribution in [0.4, 0.5) is 11.4 Å². The van der Waals surface area contributed by atoms with Crippen LogP contribution < -0.4 is 14.8 Å². The molecule has 0 unspecified atom stereocenters. The summed E-state index contributed by atoms with van der Waals surface area (Å²) in [6, 6.07) is 8.69. The number of Topliss-reactive ketones (excluding diaryl/α,β-unsaturated/α-hetero) is 1. The van der Waals surface area contributed by atoms with E-state index in [4.69, 9.17) is 21.1 Å². The third-order valence-corrected chi connectivity index (χ3v) is 3.95. The summed E-state index contributed by atoms with van der Waals surface area (Å²) >= 11 is 5.90. The number of hydrogen-bond donors (Lipinski definition) is 1. The van der Waals surface area contributed by atoms with Gasteiger partial charge in [-0.2, -0.15) is 0 Å². The van der Waals surface area contributed by atoms with Gasteiger partial charge in [0.2, 0.25) is 5.91 Å². The average Bonchev–Trinajstić information content (AvgIpc) is 2.66. The van der Waals surface area contributed by atoms with Crippen molar-refractivity contribution in [2.75, 3.05) is 19.5 Å². The zero-order chi connectivity index (χ0) is 20.0. The number of carbonyl (C=O) groups is 2. The van der Waals surface area contributed by atoms with Crippen molar-refractivity contribution in [3.8, 4) is 11.5 Å². The van der Waals surface area contributed by atoms with Crippen LogP contribution in [0.25, 0.3) is 0 Å². The Morgan fingerprint density at radius 1 is 1.11 bits per heavy atom. The Morgan fingerprint density at radius 2 is 1.85 bits per heavy atom. The van der Waals surface area contributed by atoms with Crippen LogP contribution in [0.15, 0.2) is 36.4 Å². The van der Waals surface area contributed by atoms with Crippen LogP contribution in [0.3, 0.4) is 0 Å². The van der Waals surface area contributed by atoms with Crippen molar-refractivity contribution in [1.82, 2.24) is 0 Å². The molecular formula is C18H17ClN2O6. The average molecular weight is 393 g/mol. The number of rotatable bonds is 8. The first kappa shape index (κ1) is 20.2. The van der Waals surface area contributed by atoms with Gasteiger partial charge in [0.1, 0.15) is 17.2 Å². The lowest BCUT2D eigenvalue weighted by Gasteiger charge is -2.09. The van der Waals surface area contributed by atoms with Crippen molar-refractivity contribution >= 4 is 34.7 Å². The zero-order valence-electron chi connectivity index (χ0n) is 14.7. The number of amides is 1. The molecule has 0 aromatic heterocycles. The van der Waals surface area contributed by atoms with Crippen molar-refractivity contribution < 1.29 is 24.0 Å². The molecule has 2 aromatic rings. The molecule has 0 spiro atoms. The fraction of sp³-hybridized carbons (Fsp3) is 0.222. The number of hydrogen-bond acceptors (Lipinski definition) is 6. The summed E-state index contributed by atoms with van der Waals surface area (Å²) in [5.41, 5.74) is -0.00245. The summed E-state index contributed by atoms with van der Waals surface area (Å²) in [6.45, 7) is 0. The number of anilines is 1. The van der Waals surface area contributed by atoms with Crippen LogP contribution in [0.5, 0.6) is 11.5 Å². The van der Waals surface area contributed by atoms with E-state index in [0.717, 1.165) is 0 Å². The minimum absolute atomic E-state index is 0.0265. The van der Waals surface area contributed by atoms with E-state index in [1.165, 1.54) is 38.5 Å². The molecule has 142 valence electrons. The van der Waals surface area contributed by atoms with E-state index < -0.39 is 10.8 Å². The van der Waals surface area contributed by atoms with Gasteiger partial charge in [0, 0.05) is 17.9 Å². The van der Waals surface area contributed by atoms with Crippen LogP contribution >= 0.6 is 11.6 Å². The Kier molecular flexibility index (Phi) is 6.73. The van der Waals surface area contributed by atoms with Crippen molar-refractivity contribution in [3.63, 3.8) is 0 Å². The van der Waals surface area contributed by atoms with Gasteiger partial charge in [-0.3, -0.25) is 19.7 Å². The number of ketones is 1. The number of nitro benzene ring substituents is 1. The molecule has 27 heavy (non-hydrogen) atoms. The summed E-state index contributed by atoms with van der Waals surface area (Å²) in [4.78, 5) is 35.0. The van der Waals surface area contributed by atoms with Crippen molar-refractivity contribution in [3.05, 3.63) is 57.1 Å². The predicted molar refractivity (Wildman–Crippen MR) is 99.8 cm³/mol. The van der Waals surface area contributed by atoms with Crippen LogP contribution in [0.2, 0.25) is 5.02 Å². The number of methoxy groups -OCH3 is 2.